The molecule has 148 valence electrons. The number of halogens is 2. The molecule has 0 saturated carbocycles. The Morgan fingerprint density at radius 1 is 1.11 bits per heavy atom. The average Bonchev–Trinajstić information content (AvgIpc) is 2.72. The molecule has 0 radical (unpaired) electrons. The zero-order chi connectivity index (χ0) is 20.1. The first-order chi connectivity index (χ1) is 13.5. The fourth-order valence-electron chi connectivity index (χ4n) is 3.24. The summed E-state index contributed by atoms with van der Waals surface area (Å²) in [5, 5.41) is 1.78. The first-order valence-corrected chi connectivity index (χ1v) is 9.74. The van der Waals surface area contributed by atoms with Gasteiger partial charge < -0.3 is 0 Å². The van der Waals surface area contributed by atoms with Crippen LogP contribution in [0.5, 0.6) is 0 Å². The van der Waals surface area contributed by atoms with Crippen molar-refractivity contribution in [3.8, 4) is 0 Å². The van der Waals surface area contributed by atoms with Gasteiger partial charge in [0.1, 0.15) is 11.9 Å². The van der Waals surface area contributed by atoms with Gasteiger partial charge in [0.05, 0.1) is 5.02 Å². The highest BCUT2D eigenvalue weighted by molar-refractivity contribution is 6.31. The van der Waals surface area contributed by atoms with Crippen molar-refractivity contribution in [1.82, 2.24) is 10.4 Å². The van der Waals surface area contributed by atoms with Crippen LogP contribution in [0.3, 0.4) is 0 Å². The molecule has 0 bridgehead atoms. The molecular formula is C21H23ClFN3O2. The van der Waals surface area contributed by atoms with Crippen LogP contribution in [0.25, 0.3) is 0 Å². The maximum atomic E-state index is 13.6. The summed E-state index contributed by atoms with van der Waals surface area (Å²) in [6.45, 7) is 3.22. The molecule has 1 aliphatic heterocycles. The van der Waals surface area contributed by atoms with E-state index < -0.39 is 11.9 Å². The molecule has 2 aromatic carbocycles. The molecule has 2 amide bonds. The van der Waals surface area contributed by atoms with Crippen LogP contribution in [0.2, 0.25) is 5.02 Å². The summed E-state index contributed by atoms with van der Waals surface area (Å²) in [6.07, 6.45) is 3.19. The number of piperidine rings is 1. The number of carbonyl (C=O) groups is 2. The average molecular weight is 404 g/mol. The van der Waals surface area contributed by atoms with Gasteiger partial charge in [-0.15, -0.1) is 0 Å². The van der Waals surface area contributed by atoms with Crippen LogP contribution in [-0.2, 0) is 4.79 Å². The van der Waals surface area contributed by atoms with Gasteiger partial charge in [0.25, 0.3) is 11.8 Å². The van der Waals surface area contributed by atoms with E-state index in [1.807, 2.05) is 11.1 Å². The zero-order valence-electron chi connectivity index (χ0n) is 15.7. The largest absolute Gasteiger partial charge is 0.296 e. The summed E-state index contributed by atoms with van der Waals surface area (Å²) in [5.41, 5.74) is 3.69. The monoisotopic (exact) mass is 403 g/mol. The van der Waals surface area contributed by atoms with Crippen LogP contribution < -0.4 is 10.3 Å². The quantitative estimate of drug-likeness (QED) is 0.820. The zero-order valence-corrected chi connectivity index (χ0v) is 16.5. The van der Waals surface area contributed by atoms with Crippen LogP contribution in [-0.4, -0.2) is 36.0 Å². The molecular weight excluding hydrogens is 381 g/mol. The second-order valence-electron chi connectivity index (χ2n) is 6.84. The molecule has 1 aliphatic rings. The van der Waals surface area contributed by atoms with E-state index in [0.717, 1.165) is 32.4 Å². The highest BCUT2D eigenvalue weighted by atomic mass is 35.5. The fraction of sp³-hybridized carbons (Fsp3) is 0.333. The minimum Gasteiger partial charge on any atom is -0.296 e. The number of nitrogens with one attached hydrogen (secondary N) is 1. The minimum atomic E-state index is -0.809. The Morgan fingerprint density at radius 3 is 2.43 bits per heavy atom. The Morgan fingerprint density at radius 2 is 1.79 bits per heavy atom. The third kappa shape index (κ3) is 4.69. The topological polar surface area (TPSA) is 52.7 Å². The van der Waals surface area contributed by atoms with Crippen LogP contribution in [0.4, 0.5) is 10.1 Å². The molecule has 1 fully saturated rings. The molecule has 7 heteroatoms. The van der Waals surface area contributed by atoms with Crippen molar-refractivity contribution in [3.05, 3.63) is 64.9 Å². The van der Waals surface area contributed by atoms with Crippen LogP contribution in [0.15, 0.2) is 48.5 Å². The molecule has 0 aliphatic carbocycles. The highest BCUT2D eigenvalue weighted by Gasteiger charge is 2.30. The lowest BCUT2D eigenvalue weighted by atomic mass is 10.1. The van der Waals surface area contributed by atoms with Gasteiger partial charge in [-0.2, -0.15) is 0 Å². The van der Waals surface area contributed by atoms with Crippen LogP contribution in [0.1, 0.15) is 36.5 Å². The Balaban J connectivity index is 1.89. The lowest BCUT2D eigenvalue weighted by Crippen LogP contribution is -2.54. The second kappa shape index (κ2) is 9.17. The number of nitrogens with zero attached hydrogens (tertiary/aromatic N) is 2. The van der Waals surface area contributed by atoms with Crippen molar-refractivity contribution >= 4 is 29.1 Å². The normalized spacial score (nSPS) is 15.7. The van der Waals surface area contributed by atoms with E-state index in [4.69, 9.17) is 11.6 Å². The number of amides is 2. The molecule has 3 rings (SSSR count). The first-order valence-electron chi connectivity index (χ1n) is 9.36. The van der Waals surface area contributed by atoms with Crippen LogP contribution >= 0.6 is 11.6 Å². The molecule has 0 spiro atoms. The number of hydrazine groups is 1. The summed E-state index contributed by atoms with van der Waals surface area (Å²) >= 11 is 5.93. The number of anilines is 1. The minimum absolute atomic E-state index is 0.105. The molecule has 1 saturated heterocycles. The van der Waals surface area contributed by atoms with Gasteiger partial charge >= 0.3 is 0 Å². The number of rotatable bonds is 5. The van der Waals surface area contributed by atoms with E-state index in [2.05, 4.69) is 5.43 Å². The molecule has 0 unspecified atom stereocenters. The predicted octanol–water partition coefficient (Wildman–Crippen LogP) is 4.03. The number of hydrogen-bond acceptors (Lipinski definition) is 3. The summed E-state index contributed by atoms with van der Waals surface area (Å²) in [7, 11) is 0. The highest BCUT2D eigenvalue weighted by Crippen LogP contribution is 2.26. The van der Waals surface area contributed by atoms with Crippen LogP contribution in [0, 0.1) is 5.82 Å². The number of benzene rings is 2. The Hall–Kier alpha value is -2.44. The lowest BCUT2D eigenvalue weighted by Gasteiger charge is -2.32. The lowest BCUT2D eigenvalue weighted by molar-refractivity contribution is -0.127. The molecule has 28 heavy (non-hydrogen) atoms. The van der Waals surface area contributed by atoms with E-state index in [0.29, 0.717) is 11.3 Å². The van der Waals surface area contributed by atoms with Gasteiger partial charge in [-0.05, 0) is 50.1 Å². The number of hydrogen-bond donors (Lipinski definition) is 1. The summed E-state index contributed by atoms with van der Waals surface area (Å²) < 4.78 is 13.6. The first kappa shape index (κ1) is 20.3. The molecule has 0 aromatic heterocycles. The van der Waals surface area contributed by atoms with Gasteiger partial charge in [0.15, 0.2) is 0 Å². The van der Waals surface area contributed by atoms with Gasteiger partial charge in [-0.1, -0.05) is 36.2 Å². The molecule has 1 heterocycles. The second-order valence-corrected chi connectivity index (χ2v) is 7.25. The molecule has 1 atom stereocenters. The van der Waals surface area contributed by atoms with Crippen molar-refractivity contribution in [1.29, 1.82) is 0 Å². The van der Waals surface area contributed by atoms with Gasteiger partial charge in [-0.25, -0.2) is 9.40 Å². The summed E-state index contributed by atoms with van der Waals surface area (Å²) in [4.78, 5) is 27.4. The van der Waals surface area contributed by atoms with Crippen molar-refractivity contribution in [3.63, 3.8) is 0 Å². The smallest absolute Gasteiger partial charge is 0.259 e. The van der Waals surface area contributed by atoms with E-state index in [1.165, 1.54) is 23.1 Å². The Labute approximate surface area is 169 Å². The van der Waals surface area contributed by atoms with E-state index in [-0.39, 0.29) is 16.8 Å². The van der Waals surface area contributed by atoms with E-state index in [1.54, 1.807) is 31.2 Å². The summed E-state index contributed by atoms with van der Waals surface area (Å²) in [5.74, 6) is -1.24. The van der Waals surface area contributed by atoms with Crippen molar-refractivity contribution in [2.24, 2.45) is 0 Å². The molecule has 1 N–H and O–H groups in total. The standard InChI is InChI=1S/C21H23ClFN3O2/c1-15(20(27)24-25-12-6-3-7-13-25)26(17-10-11-19(23)18(22)14-17)21(28)16-8-4-2-5-9-16/h2,4-5,8-11,14-15H,3,6-7,12-13H2,1H3,(H,24,27)/t15-/m0/s1. The predicted molar refractivity (Wildman–Crippen MR) is 108 cm³/mol. The van der Waals surface area contributed by atoms with Crippen molar-refractivity contribution < 1.29 is 14.0 Å². The third-order valence-corrected chi connectivity index (χ3v) is 5.10. The van der Waals surface area contributed by atoms with Gasteiger partial charge in [-0.3, -0.25) is 19.9 Å². The van der Waals surface area contributed by atoms with Gasteiger partial charge in [0.2, 0.25) is 0 Å². The third-order valence-electron chi connectivity index (χ3n) is 4.81. The summed E-state index contributed by atoms with van der Waals surface area (Å²) in [6, 6.07) is 11.9. The fourth-order valence-corrected chi connectivity index (χ4v) is 3.42. The Bertz CT molecular complexity index is 841. The van der Waals surface area contributed by atoms with E-state index >= 15 is 0 Å². The van der Waals surface area contributed by atoms with Gasteiger partial charge in [0, 0.05) is 24.3 Å². The maximum absolute atomic E-state index is 13.6. The van der Waals surface area contributed by atoms with E-state index in [9.17, 15) is 14.0 Å². The number of carbonyl (C=O) groups excluding carboxylic acids is 2. The SMILES string of the molecule is C[C@@H](C(=O)NN1CCCCC1)N(C(=O)c1ccccc1)c1ccc(F)c(Cl)c1. The maximum Gasteiger partial charge on any atom is 0.259 e. The molecule has 5 nitrogen and oxygen atoms in total. The van der Waals surface area contributed by atoms with Crippen molar-refractivity contribution in [2.75, 3.05) is 18.0 Å². The van der Waals surface area contributed by atoms with Crippen molar-refractivity contribution in [2.45, 2.75) is 32.2 Å². The molecule has 2 aromatic rings. The Kier molecular flexibility index (Phi) is 6.65.